The topological polar surface area (TPSA) is 97.8 Å². The van der Waals surface area contributed by atoms with Crippen LogP contribution in [-0.2, 0) is 14.3 Å². The van der Waals surface area contributed by atoms with E-state index in [0.717, 1.165) is 11.5 Å². The van der Waals surface area contributed by atoms with Gasteiger partial charge in [-0.05, 0) is 31.2 Å². The van der Waals surface area contributed by atoms with E-state index in [4.69, 9.17) is 14.6 Å². The first-order valence-electron chi connectivity index (χ1n) is 6.87. The number of carboxylic acids is 1. The maximum Gasteiger partial charge on any atom is 0.355 e. The van der Waals surface area contributed by atoms with E-state index in [-0.39, 0.29) is 12.3 Å². The first kappa shape index (κ1) is 16.3. The zero-order valence-electron chi connectivity index (χ0n) is 12.7. The molecule has 2 N–H and O–H groups in total. The van der Waals surface area contributed by atoms with Gasteiger partial charge in [-0.2, -0.15) is 0 Å². The summed E-state index contributed by atoms with van der Waals surface area (Å²) in [5.74, 6) is -1.39. The molecule has 7 nitrogen and oxygen atoms in total. The number of aromatic nitrogens is 1. The molecular weight excluding hydrogens is 300 g/mol. The van der Waals surface area contributed by atoms with Crippen molar-refractivity contribution >= 4 is 28.5 Å². The predicted octanol–water partition coefficient (Wildman–Crippen LogP) is 2.19. The highest BCUT2D eigenvalue weighted by atomic mass is 16.5. The molecule has 2 rings (SSSR count). The van der Waals surface area contributed by atoms with E-state index in [9.17, 15) is 9.59 Å². The van der Waals surface area contributed by atoms with Gasteiger partial charge in [0.15, 0.2) is 0 Å². The molecule has 0 fully saturated rings. The highest BCUT2D eigenvalue weighted by molar-refractivity contribution is 6.02. The Morgan fingerprint density at radius 1 is 1.35 bits per heavy atom. The van der Waals surface area contributed by atoms with Crippen LogP contribution in [0.2, 0.25) is 0 Å². The Morgan fingerprint density at radius 3 is 2.78 bits per heavy atom. The number of nitrogens with one attached hydrogen (secondary N) is 1. The lowest BCUT2D eigenvalue weighted by Crippen LogP contribution is -2.16. The summed E-state index contributed by atoms with van der Waals surface area (Å²) in [5.41, 5.74) is 0.839. The summed E-state index contributed by atoms with van der Waals surface area (Å²) in [5, 5.41) is 12.4. The minimum Gasteiger partial charge on any atom is -0.496 e. The molecule has 2 aromatic rings. The average Bonchev–Trinajstić information content (AvgIpc) is 2.54. The van der Waals surface area contributed by atoms with Crippen molar-refractivity contribution in [1.29, 1.82) is 0 Å². The number of ether oxygens (including phenoxy) is 2. The molecule has 0 aliphatic heterocycles. The summed E-state index contributed by atoms with van der Waals surface area (Å²) in [4.78, 5) is 27.1. The van der Waals surface area contributed by atoms with Crippen molar-refractivity contribution in [3.8, 4) is 5.75 Å². The quantitative estimate of drug-likeness (QED) is 0.622. The van der Waals surface area contributed by atoms with Gasteiger partial charge in [-0.15, -0.1) is 0 Å². The number of methoxy groups -OCH3 is 1. The molecule has 0 atom stereocenters. The van der Waals surface area contributed by atoms with Crippen molar-refractivity contribution in [2.24, 2.45) is 0 Å². The molecule has 23 heavy (non-hydrogen) atoms. The van der Waals surface area contributed by atoms with Crippen LogP contribution in [0.1, 0.15) is 6.92 Å². The monoisotopic (exact) mass is 316 g/mol. The largest absolute Gasteiger partial charge is 0.496 e. The number of nitrogens with zero attached hydrogens (tertiary/aromatic N) is 1. The molecule has 0 saturated carbocycles. The molecule has 0 bridgehead atoms. The Morgan fingerprint density at radius 2 is 2.13 bits per heavy atom. The summed E-state index contributed by atoms with van der Waals surface area (Å²) in [6.45, 7) is 1.78. The maximum absolute atomic E-state index is 11.9. The molecule has 0 saturated heterocycles. The van der Waals surface area contributed by atoms with Crippen LogP contribution >= 0.6 is 0 Å². The lowest BCUT2D eigenvalue weighted by atomic mass is 10.1. The number of carbonyl (C=O) groups is 2. The van der Waals surface area contributed by atoms with Crippen LogP contribution < -0.4 is 10.1 Å². The summed E-state index contributed by atoms with van der Waals surface area (Å²) < 4.78 is 10.1. The number of hydrogen-bond acceptors (Lipinski definition) is 6. The fraction of sp³-hybridized carbons (Fsp3) is 0.188. The Kier molecular flexibility index (Phi) is 5.14. The number of rotatable bonds is 6. The van der Waals surface area contributed by atoms with E-state index < -0.39 is 11.9 Å². The minimum absolute atomic E-state index is 0.138. The van der Waals surface area contributed by atoms with Crippen LogP contribution in [0.4, 0.5) is 5.69 Å². The van der Waals surface area contributed by atoms with Crippen LogP contribution in [0.5, 0.6) is 5.75 Å². The second-order valence-corrected chi connectivity index (χ2v) is 4.46. The van der Waals surface area contributed by atoms with Crippen molar-refractivity contribution in [1.82, 2.24) is 4.98 Å². The van der Waals surface area contributed by atoms with Crippen LogP contribution in [-0.4, -0.2) is 35.7 Å². The number of anilines is 1. The number of hydrogen-bond donors (Lipinski definition) is 2. The van der Waals surface area contributed by atoms with E-state index in [0.29, 0.717) is 17.0 Å². The second-order valence-electron chi connectivity index (χ2n) is 4.46. The highest BCUT2D eigenvalue weighted by Gasteiger charge is 2.15. The third-order valence-corrected chi connectivity index (χ3v) is 2.98. The second kappa shape index (κ2) is 7.26. The number of pyridine rings is 1. The minimum atomic E-state index is -1.26. The van der Waals surface area contributed by atoms with Gasteiger partial charge in [-0.25, -0.2) is 9.59 Å². The van der Waals surface area contributed by atoms with Crippen LogP contribution in [0.15, 0.2) is 42.2 Å². The number of esters is 1. The Labute approximate surface area is 132 Å². The Hall–Kier alpha value is -3.09. The van der Waals surface area contributed by atoms with Crippen LogP contribution in [0, 0.1) is 0 Å². The first-order valence-corrected chi connectivity index (χ1v) is 6.87. The van der Waals surface area contributed by atoms with Crippen LogP contribution in [0.25, 0.3) is 10.9 Å². The first-order chi connectivity index (χ1) is 11.1. The molecule has 0 aliphatic rings. The van der Waals surface area contributed by atoms with Gasteiger partial charge in [-0.3, -0.25) is 4.98 Å². The third kappa shape index (κ3) is 3.76. The van der Waals surface area contributed by atoms with E-state index in [2.05, 4.69) is 10.3 Å². The highest BCUT2D eigenvalue weighted by Crippen LogP contribution is 2.30. The molecule has 7 heteroatoms. The van der Waals surface area contributed by atoms with E-state index >= 15 is 0 Å². The Balaban J connectivity index is 2.47. The average molecular weight is 316 g/mol. The zero-order chi connectivity index (χ0) is 16.8. The SMILES string of the molecule is CCOC(=O)C(=CC(=O)O)Nc1ccc(OC)c2cccnc12. The summed E-state index contributed by atoms with van der Waals surface area (Å²) >= 11 is 0. The zero-order valence-corrected chi connectivity index (χ0v) is 12.7. The maximum atomic E-state index is 11.9. The molecule has 0 aliphatic carbocycles. The molecule has 1 heterocycles. The van der Waals surface area contributed by atoms with Gasteiger partial charge >= 0.3 is 11.9 Å². The lowest BCUT2D eigenvalue weighted by molar-refractivity contribution is -0.139. The van der Waals surface area contributed by atoms with Gasteiger partial charge in [0.1, 0.15) is 11.4 Å². The summed E-state index contributed by atoms with van der Waals surface area (Å²) in [6, 6.07) is 6.93. The van der Waals surface area contributed by atoms with Gasteiger partial charge < -0.3 is 19.9 Å². The van der Waals surface area contributed by atoms with Crippen molar-refractivity contribution in [3.63, 3.8) is 0 Å². The molecule has 1 aromatic carbocycles. The number of fused-ring (bicyclic) bond motifs is 1. The van der Waals surface area contributed by atoms with Gasteiger partial charge in [0.05, 0.1) is 31.0 Å². The molecule has 0 unspecified atom stereocenters. The molecule has 0 spiro atoms. The van der Waals surface area contributed by atoms with Gasteiger partial charge in [0.2, 0.25) is 0 Å². The van der Waals surface area contributed by atoms with Gasteiger partial charge in [0, 0.05) is 11.6 Å². The van der Waals surface area contributed by atoms with Gasteiger partial charge in [0.25, 0.3) is 0 Å². The summed E-state index contributed by atoms with van der Waals surface area (Å²) in [7, 11) is 1.54. The number of carboxylic acid groups (broad SMARTS) is 1. The normalized spacial score (nSPS) is 11.1. The van der Waals surface area contributed by atoms with Crippen molar-refractivity contribution < 1.29 is 24.2 Å². The molecule has 0 amide bonds. The summed E-state index contributed by atoms with van der Waals surface area (Å²) in [6.07, 6.45) is 2.36. The molecule has 120 valence electrons. The number of carbonyl (C=O) groups excluding carboxylic acids is 1. The van der Waals surface area contributed by atoms with Gasteiger partial charge in [-0.1, -0.05) is 0 Å². The fourth-order valence-electron chi connectivity index (χ4n) is 2.05. The predicted molar refractivity (Wildman–Crippen MR) is 84.3 cm³/mol. The number of aliphatic carboxylic acids is 1. The van der Waals surface area contributed by atoms with Crippen molar-refractivity contribution in [2.75, 3.05) is 19.0 Å². The molecule has 0 radical (unpaired) electrons. The van der Waals surface area contributed by atoms with Crippen molar-refractivity contribution in [2.45, 2.75) is 6.92 Å². The van der Waals surface area contributed by atoms with E-state index in [1.807, 2.05) is 6.07 Å². The smallest absolute Gasteiger partial charge is 0.355 e. The standard InChI is InChI=1S/C16H16N2O5/c1-3-23-16(21)12(9-14(19)20)18-11-6-7-13(22-2)10-5-4-8-17-15(10)11/h4-9,18H,3H2,1-2H3,(H,19,20). The number of benzene rings is 1. The van der Waals surface area contributed by atoms with E-state index in [1.54, 1.807) is 38.4 Å². The lowest BCUT2D eigenvalue weighted by Gasteiger charge is -2.13. The molecule has 1 aromatic heterocycles. The molecular formula is C16H16N2O5. The van der Waals surface area contributed by atoms with E-state index in [1.165, 1.54) is 0 Å². The van der Waals surface area contributed by atoms with Crippen molar-refractivity contribution in [3.05, 3.63) is 42.2 Å². The Bertz CT molecular complexity index is 770. The van der Waals surface area contributed by atoms with Crippen LogP contribution in [0.3, 0.4) is 0 Å². The third-order valence-electron chi connectivity index (χ3n) is 2.98. The fourth-order valence-corrected chi connectivity index (χ4v) is 2.05.